The minimum Gasteiger partial charge on any atom is -0.481 e. The van der Waals surface area contributed by atoms with E-state index in [1.54, 1.807) is 0 Å². The number of amides is 1. The lowest BCUT2D eigenvalue weighted by atomic mass is 9.54. The third kappa shape index (κ3) is 12.8. The van der Waals surface area contributed by atoms with E-state index < -0.39 is 71.1 Å². The summed E-state index contributed by atoms with van der Waals surface area (Å²) >= 11 is 0. The zero-order valence-corrected chi connectivity index (χ0v) is 26.7. The molecule has 0 rings (SSSR count). The highest BCUT2D eigenvalue weighted by Gasteiger charge is 2.50. The topological polar surface area (TPSA) is 182 Å². The maximum atomic E-state index is 13.6. The van der Waals surface area contributed by atoms with Gasteiger partial charge < -0.3 is 25.7 Å². The van der Waals surface area contributed by atoms with Gasteiger partial charge in [0.1, 0.15) is 6.04 Å². The molecule has 0 aliphatic heterocycles. The van der Waals surface area contributed by atoms with E-state index in [1.165, 1.54) is 0 Å². The van der Waals surface area contributed by atoms with Crippen molar-refractivity contribution < 1.29 is 44.4 Å². The van der Waals surface area contributed by atoms with Crippen LogP contribution in [0.3, 0.4) is 0 Å². The Morgan fingerprint density at radius 3 is 1.54 bits per heavy atom. The molecule has 11 nitrogen and oxygen atoms in total. The number of unbranched alkanes of at least 4 members (excludes halogenated alkanes) is 1. The van der Waals surface area contributed by atoms with Crippen molar-refractivity contribution in [1.29, 1.82) is 0 Å². The minimum absolute atomic E-state index is 0.0269. The van der Waals surface area contributed by atoms with Crippen molar-refractivity contribution in [1.82, 2.24) is 10.2 Å². The molecule has 0 aliphatic rings. The second-order valence-corrected chi connectivity index (χ2v) is 14.7. The monoisotopic (exact) mass is 586 g/mol. The second kappa shape index (κ2) is 15.0. The van der Waals surface area contributed by atoms with Crippen LogP contribution in [0.5, 0.6) is 0 Å². The predicted molar refractivity (Wildman–Crippen MR) is 155 cm³/mol. The van der Waals surface area contributed by atoms with Crippen molar-refractivity contribution in [2.75, 3.05) is 19.6 Å². The van der Waals surface area contributed by atoms with Gasteiger partial charge in [0, 0.05) is 12.5 Å². The van der Waals surface area contributed by atoms with Gasteiger partial charge >= 0.3 is 23.9 Å². The average Bonchev–Trinajstić information content (AvgIpc) is 2.75. The summed E-state index contributed by atoms with van der Waals surface area (Å²) in [6.07, 6.45) is 1.74. The third-order valence-corrected chi connectivity index (χ3v) is 8.41. The van der Waals surface area contributed by atoms with E-state index in [0.29, 0.717) is 25.7 Å². The molecule has 3 atom stereocenters. The van der Waals surface area contributed by atoms with Crippen LogP contribution in [-0.2, 0) is 24.0 Å². The number of aliphatic carboxylic acids is 4. The molecule has 0 aromatic carbocycles. The van der Waals surface area contributed by atoms with Gasteiger partial charge in [-0.2, -0.15) is 0 Å². The number of carboxylic acids is 4. The molecule has 0 aromatic heterocycles. The van der Waals surface area contributed by atoms with E-state index in [4.69, 9.17) is 10.2 Å². The smallest absolute Gasteiger partial charge is 0.320 e. The first-order valence-electron chi connectivity index (χ1n) is 14.2. The van der Waals surface area contributed by atoms with Crippen LogP contribution in [0.4, 0.5) is 0 Å². The fraction of sp³-hybridized carbons (Fsp3) is 0.833. The molecule has 0 saturated carbocycles. The van der Waals surface area contributed by atoms with Crippen molar-refractivity contribution in [2.24, 2.45) is 33.5 Å². The van der Waals surface area contributed by atoms with E-state index in [1.807, 2.05) is 48.5 Å². The van der Waals surface area contributed by atoms with Crippen LogP contribution >= 0.6 is 0 Å². The van der Waals surface area contributed by atoms with Crippen LogP contribution in [0.1, 0.15) is 101 Å². The zero-order chi connectivity index (χ0) is 32.6. The van der Waals surface area contributed by atoms with Gasteiger partial charge in [-0.05, 0) is 53.8 Å². The molecule has 0 saturated heterocycles. The van der Waals surface area contributed by atoms with Crippen molar-refractivity contribution in [3.8, 4) is 0 Å². The lowest BCUT2D eigenvalue weighted by molar-refractivity contribution is -0.151. The SMILES string of the molecule is CC(C)(C)CC(C(=O)NCCCC[C@@H](C(=O)O)N(CC(=O)O)CC(=O)O)C(C)(C)C(C)(C)CC(C(=O)O)C(C)(C)C. The molecule has 41 heavy (non-hydrogen) atoms. The molecule has 238 valence electrons. The predicted octanol–water partition coefficient (Wildman–Crippen LogP) is 4.44. The number of nitrogens with zero attached hydrogens (tertiary/aromatic N) is 1. The molecular formula is C30H54N2O9. The van der Waals surface area contributed by atoms with Crippen molar-refractivity contribution in [3.63, 3.8) is 0 Å². The molecule has 1 amide bonds. The van der Waals surface area contributed by atoms with Crippen LogP contribution < -0.4 is 5.32 Å². The Balaban J connectivity index is 5.64. The van der Waals surface area contributed by atoms with Gasteiger partial charge in [0.05, 0.1) is 19.0 Å². The molecule has 2 unspecified atom stereocenters. The molecule has 0 spiro atoms. The number of hydrogen-bond donors (Lipinski definition) is 5. The molecular weight excluding hydrogens is 532 g/mol. The Bertz CT molecular complexity index is 913. The van der Waals surface area contributed by atoms with E-state index in [-0.39, 0.29) is 24.3 Å². The van der Waals surface area contributed by atoms with Gasteiger partial charge in [-0.25, -0.2) is 0 Å². The van der Waals surface area contributed by atoms with Crippen LogP contribution in [0.15, 0.2) is 0 Å². The second-order valence-electron chi connectivity index (χ2n) is 14.7. The van der Waals surface area contributed by atoms with Crippen LogP contribution in [-0.4, -0.2) is 80.8 Å². The van der Waals surface area contributed by atoms with Gasteiger partial charge in [-0.3, -0.25) is 28.9 Å². The first-order chi connectivity index (χ1) is 18.3. The molecule has 0 aromatic rings. The maximum Gasteiger partial charge on any atom is 0.320 e. The zero-order valence-electron chi connectivity index (χ0n) is 26.7. The van der Waals surface area contributed by atoms with Crippen LogP contribution in [0, 0.1) is 33.5 Å². The highest BCUT2D eigenvalue weighted by molar-refractivity contribution is 5.80. The summed E-state index contributed by atoms with van der Waals surface area (Å²) in [4.78, 5) is 60.7. The fourth-order valence-electron chi connectivity index (χ4n) is 5.18. The number of hydrogen-bond acceptors (Lipinski definition) is 6. The number of rotatable bonds is 18. The van der Waals surface area contributed by atoms with E-state index >= 15 is 0 Å². The number of carbonyl (C=O) groups excluding carboxylic acids is 1. The minimum atomic E-state index is -1.32. The van der Waals surface area contributed by atoms with Gasteiger partial charge in [0.25, 0.3) is 0 Å². The Labute approximate surface area is 245 Å². The average molecular weight is 587 g/mol. The maximum absolute atomic E-state index is 13.6. The Hall–Kier alpha value is -2.69. The van der Waals surface area contributed by atoms with Crippen molar-refractivity contribution >= 4 is 29.8 Å². The summed E-state index contributed by atoms with van der Waals surface area (Å²) in [6, 6.07) is -1.28. The van der Waals surface area contributed by atoms with Gasteiger partial charge in [0.15, 0.2) is 0 Å². The first kappa shape index (κ1) is 38.3. The van der Waals surface area contributed by atoms with Gasteiger partial charge in [-0.15, -0.1) is 0 Å². The Kier molecular flexibility index (Phi) is 14.0. The summed E-state index contributed by atoms with van der Waals surface area (Å²) in [5.41, 5.74) is -1.73. The quantitative estimate of drug-likeness (QED) is 0.144. The van der Waals surface area contributed by atoms with Crippen molar-refractivity contribution in [3.05, 3.63) is 0 Å². The highest BCUT2D eigenvalue weighted by atomic mass is 16.4. The molecule has 0 aliphatic carbocycles. The van der Waals surface area contributed by atoms with Crippen LogP contribution in [0.2, 0.25) is 0 Å². The van der Waals surface area contributed by atoms with Gasteiger partial charge in [-0.1, -0.05) is 69.2 Å². The van der Waals surface area contributed by atoms with E-state index in [9.17, 15) is 34.2 Å². The lowest BCUT2D eigenvalue weighted by Crippen LogP contribution is -2.50. The number of carbonyl (C=O) groups is 5. The normalized spacial score (nSPS) is 15.2. The van der Waals surface area contributed by atoms with Crippen LogP contribution in [0.25, 0.3) is 0 Å². The fourth-order valence-corrected chi connectivity index (χ4v) is 5.18. The van der Waals surface area contributed by atoms with Crippen molar-refractivity contribution in [2.45, 2.75) is 107 Å². The van der Waals surface area contributed by atoms with E-state index in [2.05, 4.69) is 26.1 Å². The summed E-state index contributed by atoms with van der Waals surface area (Å²) in [6.45, 7) is 18.8. The molecule has 11 heteroatoms. The Morgan fingerprint density at radius 1 is 0.683 bits per heavy atom. The highest BCUT2D eigenvalue weighted by Crippen LogP contribution is 2.53. The largest absolute Gasteiger partial charge is 0.481 e. The molecule has 0 radical (unpaired) electrons. The van der Waals surface area contributed by atoms with E-state index in [0.717, 1.165) is 4.90 Å². The molecule has 0 heterocycles. The number of nitrogens with one attached hydrogen (secondary N) is 1. The molecule has 0 bridgehead atoms. The molecule has 5 N–H and O–H groups in total. The molecule has 0 fully saturated rings. The number of carboxylic acid groups (broad SMARTS) is 4. The summed E-state index contributed by atoms with van der Waals surface area (Å²) < 4.78 is 0. The van der Waals surface area contributed by atoms with Gasteiger partial charge in [0.2, 0.25) is 5.91 Å². The summed E-state index contributed by atoms with van der Waals surface area (Å²) in [5.74, 6) is -5.99. The summed E-state index contributed by atoms with van der Waals surface area (Å²) in [5, 5.41) is 40.6. The third-order valence-electron chi connectivity index (χ3n) is 8.41. The summed E-state index contributed by atoms with van der Waals surface area (Å²) in [7, 11) is 0. The first-order valence-corrected chi connectivity index (χ1v) is 14.2. The standard InChI is InChI=1S/C30H54N2O9/c1-27(2,3)15-19(30(9,10)29(7,8)16-20(25(38)39)28(4,5)6)24(37)31-14-12-11-13-21(26(40)41)32(17-22(33)34)18-23(35)36/h19-21H,11-18H2,1-10H3,(H,31,37)(H,33,34)(H,35,36)(H,38,39)(H,40,41)/t19?,20?,21-/m0/s1. The Morgan fingerprint density at radius 2 is 1.17 bits per heavy atom. The lowest BCUT2D eigenvalue weighted by Gasteiger charge is -2.50.